The van der Waals surface area contributed by atoms with Crippen LogP contribution >= 0.6 is 0 Å². The molecular formula is C16H19N3O. The van der Waals surface area contributed by atoms with Crippen molar-refractivity contribution in [2.75, 3.05) is 5.73 Å². The van der Waals surface area contributed by atoms with E-state index in [0.29, 0.717) is 11.6 Å². The topological polar surface area (TPSA) is 57.0 Å². The summed E-state index contributed by atoms with van der Waals surface area (Å²) in [6.07, 6.45) is 2.96. The largest absolute Gasteiger partial charge is 0.454 e. The highest BCUT2D eigenvalue weighted by Gasteiger charge is 2.13. The first-order chi connectivity index (χ1) is 9.63. The number of aryl methyl sites for hydroxylation is 1. The normalized spacial score (nSPS) is 11.6. The third-order valence-electron chi connectivity index (χ3n) is 3.38. The summed E-state index contributed by atoms with van der Waals surface area (Å²) in [5, 5.41) is 5.61. The van der Waals surface area contributed by atoms with Crippen LogP contribution < -0.4 is 5.73 Å². The van der Waals surface area contributed by atoms with E-state index in [4.69, 9.17) is 10.2 Å². The second kappa shape index (κ2) is 5.04. The number of anilines is 1. The molecule has 4 nitrogen and oxygen atoms in total. The summed E-state index contributed by atoms with van der Waals surface area (Å²) < 4.78 is 7.72. The summed E-state index contributed by atoms with van der Waals surface area (Å²) in [4.78, 5) is 0. The Kier molecular flexibility index (Phi) is 3.22. The van der Waals surface area contributed by atoms with Gasteiger partial charge >= 0.3 is 0 Å². The van der Waals surface area contributed by atoms with Crippen molar-refractivity contribution in [3.8, 4) is 11.5 Å². The first-order valence-electron chi connectivity index (χ1n) is 6.95. The summed E-state index contributed by atoms with van der Waals surface area (Å²) in [5.74, 6) is 1.38. The molecule has 2 N–H and O–H groups in total. The van der Waals surface area contributed by atoms with E-state index in [2.05, 4.69) is 18.9 Å². The first-order valence-corrected chi connectivity index (χ1v) is 6.95. The van der Waals surface area contributed by atoms with Crippen LogP contribution in [0, 0.1) is 5.92 Å². The van der Waals surface area contributed by atoms with Crippen LogP contribution in [0.25, 0.3) is 22.4 Å². The fraction of sp³-hybridized carbons (Fsp3) is 0.312. The third kappa shape index (κ3) is 2.41. The Labute approximate surface area is 118 Å². The fourth-order valence-corrected chi connectivity index (χ4v) is 2.23. The van der Waals surface area contributed by atoms with Crippen LogP contribution in [0.1, 0.15) is 20.3 Å². The number of benzene rings is 1. The molecule has 0 atom stereocenters. The molecule has 3 aromatic rings. The average Bonchev–Trinajstić information content (AvgIpc) is 2.99. The molecule has 0 unspecified atom stereocenters. The maximum Gasteiger partial charge on any atom is 0.157 e. The van der Waals surface area contributed by atoms with Gasteiger partial charge in [0.15, 0.2) is 11.5 Å². The van der Waals surface area contributed by atoms with E-state index < -0.39 is 0 Å². The zero-order valence-electron chi connectivity index (χ0n) is 11.8. The Bertz CT molecular complexity index is 691. The maximum atomic E-state index is 6.06. The third-order valence-corrected chi connectivity index (χ3v) is 3.38. The molecular weight excluding hydrogens is 250 g/mol. The molecule has 0 saturated heterocycles. The molecule has 2 heterocycles. The lowest BCUT2D eigenvalue weighted by Gasteiger charge is -2.03. The Balaban J connectivity index is 1.93. The lowest BCUT2D eigenvalue weighted by molar-refractivity contribution is 0.487. The van der Waals surface area contributed by atoms with E-state index in [-0.39, 0.29) is 0 Å². The van der Waals surface area contributed by atoms with E-state index in [1.165, 1.54) is 0 Å². The van der Waals surface area contributed by atoms with Gasteiger partial charge in [0.1, 0.15) is 5.58 Å². The molecule has 0 aliphatic rings. The molecule has 104 valence electrons. The number of nitrogen functional groups attached to an aromatic ring is 1. The molecule has 0 aliphatic heterocycles. The van der Waals surface area contributed by atoms with Crippen LogP contribution in [0.2, 0.25) is 0 Å². The zero-order chi connectivity index (χ0) is 14.1. The average molecular weight is 269 g/mol. The summed E-state index contributed by atoms with van der Waals surface area (Å²) in [7, 11) is 0. The molecule has 0 aliphatic carbocycles. The fourth-order valence-electron chi connectivity index (χ4n) is 2.23. The summed E-state index contributed by atoms with van der Waals surface area (Å²) in [6, 6.07) is 9.91. The number of para-hydroxylation sites is 1. The highest BCUT2D eigenvalue weighted by Crippen LogP contribution is 2.30. The SMILES string of the molecule is CC(C)CCn1cc(N)c(-c2cc3ccccc3o2)n1. The maximum absolute atomic E-state index is 6.06. The van der Waals surface area contributed by atoms with Gasteiger partial charge in [-0.15, -0.1) is 0 Å². The molecule has 2 aromatic heterocycles. The number of furan rings is 1. The number of nitrogens with two attached hydrogens (primary N) is 1. The smallest absolute Gasteiger partial charge is 0.157 e. The molecule has 0 amide bonds. The quantitative estimate of drug-likeness (QED) is 0.780. The van der Waals surface area contributed by atoms with Gasteiger partial charge in [0.25, 0.3) is 0 Å². The molecule has 4 heteroatoms. The molecule has 3 rings (SSSR count). The van der Waals surface area contributed by atoms with Gasteiger partial charge in [0.2, 0.25) is 0 Å². The Morgan fingerprint density at radius 2 is 2.10 bits per heavy atom. The van der Waals surface area contributed by atoms with Gasteiger partial charge in [0.05, 0.1) is 5.69 Å². The van der Waals surface area contributed by atoms with Gasteiger partial charge in [-0.1, -0.05) is 32.0 Å². The van der Waals surface area contributed by atoms with Crippen molar-refractivity contribution in [1.29, 1.82) is 0 Å². The van der Waals surface area contributed by atoms with E-state index in [0.717, 1.165) is 35.4 Å². The van der Waals surface area contributed by atoms with Crippen molar-refractivity contribution in [2.24, 2.45) is 5.92 Å². The van der Waals surface area contributed by atoms with Crippen molar-refractivity contribution >= 4 is 16.7 Å². The number of rotatable bonds is 4. The molecule has 0 radical (unpaired) electrons. The molecule has 0 spiro atoms. The number of nitrogens with zero attached hydrogens (tertiary/aromatic N) is 2. The van der Waals surface area contributed by atoms with Crippen LogP contribution in [0.15, 0.2) is 40.9 Å². The monoisotopic (exact) mass is 269 g/mol. The molecule has 0 fully saturated rings. The van der Waals surface area contributed by atoms with Gasteiger partial charge < -0.3 is 10.2 Å². The standard InChI is InChI=1S/C16H19N3O/c1-11(2)7-8-19-10-13(17)16(18-19)15-9-12-5-3-4-6-14(12)20-15/h3-6,9-11H,7-8,17H2,1-2H3. The second-order valence-corrected chi connectivity index (χ2v) is 5.53. The highest BCUT2D eigenvalue weighted by atomic mass is 16.3. The number of hydrogen-bond acceptors (Lipinski definition) is 3. The molecule has 0 saturated carbocycles. The Morgan fingerprint density at radius 1 is 1.30 bits per heavy atom. The predicted octanol–water partition coefficient (Wildman–Crippen LogP) is 3.92. The van der Waals surface area contributed by atoms with Crippen LogP contribution in [0.3, 0.4) is 0 Å². The van der Waals surface area contributed by atoms with Crippen molar-refractivity contribution in [1.82, 2.24) is 9.78 Å². The van der Waals surface area contributed by atoms with Gasteiger partial charge in [-0.25, -0.2) is 0 Å². The Morgan fingerprint density at radius 3 is 2.85 bits per heavy atom. The van der Waals surface area contributed by atoms with E-state index in [1.807, 2.05) is 41.2 Å². The summed E-state index contributed by atoms with van der Waals surface area (Å²) in [5.41, 5.74) is 8.30. The zero-order valence-corrected chi connectivity index (χ0v) is 11.8. The van der Waals surface area contributed by atoms with Gasteiger partial charge in [0, 0.05) is 18.1 Å². The van der Waals surface area contributed by atoms with Crippen molar-refractivity contribution < 1.29 is 4.42 Å². The number of fused-ring (bicyclic) bond motifs is 1. The number of hydrogen-bond donors (Lipinski definition) is 1. The van der Waals surface area contributed by atoms with Gasteiger partial charge in [-0.05, 0) is 24.5 Å². The van der Waals surface area contributed by atoms with Gasteiger partial charge in [-0.3, -0.25) is 4.68 Å². The lowest BCUT2D eigenvalue weighted by atomic mass is 10.1. The minimum atomic E-state index is 0.648. The molecule has 1 aromatic carbocycles. The second-order valence-electron chi connectivity index (χ2n) is 5.53. The predicted molar refractivity (Wildman–Crippen MR) is 81.3 cm³/mol. The van der Waals surface area contributed by atoms with Gasteiger partial charge in [-0.2, -0.15) is 5.10 Å². The lowest BCUT2D eigenvalue weighted by Crippen LogP contribution is -2.01. The first kappa shape index (κ1) is 12.8. The van der Waals surface area contributed by atoms with Crippen molar-refractivity contribution in [3.05, 3.63) is 36.5 Å². The van der Waals surface area contributed by atoms with Crippen LogP contribution in [0.4, 0.5) is 5.69 Å². The molecule has 0 bridgehead atoms. The van der Waals surface area contributed by atoms with E-state index >= 15 is 0 Å². The van der Waals surface area contributed by atoms with Crippen molar-refractivity contribution in [3.63, 3.8) is 0 Å². The summed E-state index contributed by atoms with van der Waals surface area (Å²) in [6.45, 7) is 5.28. The minimum Gasteiger partial charge on any atom is -0.454 e. The highest BCUT2D eigenvalue weighted by molar-refractivity contribution is 5.84. The number of aromatic nitrogens is 2. The van der Waals surface area contributed by atoms with E-state index in [1.54, 1.807) is 0 Å². The molecule has 20 heavy (non-hydrogen) atoms. The summed E-state index contributed by atoms with van der Waals surface area (Å²) >= 11 is 0. The van der Waals surface area contributed by atoms with E-state index in [9.17, 15) is 0 Å². The minimum absolute atomic E-state index is 0.648. The Hall–Kier alpha value is -2.23. The van der Waals surface area contributed by atoms with Crippen LogP contribution in [-0.2, 0) is 6.54 Å². The van der Waals surface area contributed by atoms with Crippen molar-refractivity contribution in [2.45, 2.75) is 26.8 Å². The van der Waals surface area contributed by atoms with Crippen LogP contribution in [-0.4, -0.2) is 9.78 Å². The van der Waals surface area contributed by atoms with Crippen LogP contribution in [0.5, 0.6) is 0 Å².